The highest BCUT2D eigenvalue weighted by Crippen LogP contribution is 2.26. The highest BCUT2D eigenvalue weighted by atomic mass is 28.4. The Labute approximate surface area is 146 Å². The van der Waals surface area contributed by atoms with Gasteiger partial charge in [-0.1, -0.05) is 71.8 Å². The summed E-state index contributed by atoms with van der Waals surface area (Å²) in [5, 5.41) is 1.61. The molecular formula is C20H26F2Si2. The van der Waals surface area contributed by atoms with Gasteiger partial charge in [0.2, 0.25) is 0 Å². The fourth-order valence-corrected chi connectivity index (χ4v) is 7.85. The number of rotatable bonds is 6. The summed E-state index contributed by atoms with van der Waals surface area (Å²) in [6, 6.07) is 19.7. The van der Waals surface area contributed by atoms with Gasteiger partial charge in [-0.15, -0.1) is 0 Å². The minimum Gasteiger partial charge on any atom is -0.308 e. The quantitative estimate of drug-likeness (QED) is 0.376. The Morgan fingerprint density at radius 2 is 0.958 bits per heavy atom. The van der Waals surface area contributed by atoms with Gasteiger partial charge < -0.3 is 8.22 Å². The van der Waals surface area contributed by atoms with Crippen LogP contribution in [0, 0.1) is 0 Å². The van der Waals surface area contributed by atoms with Gasteiger partial charge in [0.1, 0.15) is 0 Å². The molecule has 128 valence electrons. The molecule has 0 nitrogen and oxygen atoms in total. The van der Waals surface area contributed by atoms with Crippen LogP contribution in [0.4, 0.5) is 8.22 Å². The van der Waals surface area contributed by atoms with E-state index in [1.807, 2.05) is 74.5 Å². The topological polar surface area (TPSA) is 0 Å². The zero-order chi connectivity index (χ0) is 17.8. The first-order chi connectivity index (χ1) is 11.2. The van der Waals surface area contributed by atoms with E-state index in [1.165, 1.54) is 0 Å². The molecule has 2 atom stereocenters. The lowest BCUT2D eigenvalue weighted by Gasteiger charge is -2.23. The van der Waals surface area contributed by atoms with Crippen molar-refractivity contribution >= 4 is 27.2 Å². The normalized spacial score (nSPS) is 17.6. The second-order valence-corrected chi connectivity index (χ2v) is 13.7. The summed E-state index contributed by atoms with van der Waals surface area (Å²) in [4.78, 5) is 0. The number of halogens is 2. The summed E-state index contributed by atoms with van der Waals surface area (Å²) in [6.45, 7) is 7.39. The molecule has 4 heteroatoms. The van der Waals surface area contributed by atoms with Crippen LogP contribution in [0.2, 0.25) is 25.2 Å². The van der Waals surface area contributed by atoms with Crippen molar-refractivity contribution in [1.82, 2.24) is 0 Å². The van der Waals surface area contributed by atoms with E-state index < -0.39 is 16.8 Å². The molecule has 0 aliphatic heterocycles. The molecule has 24 heavy (non-hydrogen) atoms. The molecule has 2 unspecified atom stereocenters. The molecule has 0 saturated carbocycles. The summed E-state index contributed by atoms with van der Waals surface area (Å²) in [6.07, 6.45) is 0. The smallest absolute Gasteiger partial charge is 0.278 e. The zero-order valence-electron chi connectivity index (χ0n) is 14.9. The lowest BCUT2D eigenvalue weighted by Crippen LogP contribution is -2.41. The standard InChI is InChI=1S/C20H26F2Si2/c1-17(15-23(3,21)19-11-7-5-8-12-19)18(2)16-24(4,22)20-13-9-6-10-14-20/h5-14H,15-16H2,1-4H3/b18-17-. The molecule has 0 fully saturated rings. The van der Waals surface area contributed by atoms with Crippen LogP contribution in [-0.2, 0) is 0 Å². The largest absolute Gasteiger partial charge is 0.308 e. The fraction of sp³-hybridized carbons (Fsp3) is 0.300. The number of allylic oxidation sites excluding steroid dienone is 2. The SMILES string of the molecule is C/C(C[Si](C)(F)c1ccccc1)=C(\C)C[Si](C)(F)c1ccccc1. The van der Waals surface area contributed by atoms with Crippen molar-refractivity contribution in [2.75, 3.05) is 0 Å². The number of benzene rings is 2. The van der Waals surface area contributed by atoms with Crippen LogP contribution < -0.4 is 10.4 Å². The van der Waals surface area contributed by atoms with Gasteiger partial charge in [0.05, 0.1) is 0 Å². The van der Waals surface area contributed by atoms with Crippen molar-refractivity contribution in [2.45, 2.75) is 39.0 Å². The van der Waals surface area contributed by atoms with Crippen molar-refractivity contribution in [3.05, 3.63) is 71.8 Å². The van der Waals surface area contributed by atoms with Crippen molar-refractivity contribution in [2.24, 2.45) is 0 Å². The number of hydrogen-bond acceptors (Lipinski definition) is 0. The van der Waals surface area contributed by atoms with Crippen LogP contribution in [-0.4, -0.2) is 16.8 Å². The predicted octanol–water partition coefficient (Wildman–Crippen LogP) is 5.23. The average molecular weight is 361 g/mol. The summed E-state index contributed by atoms with van der Waals surface area (Å²) in [5.74, 6) is 0. The molecule has 0 heterocycles. The van der Waals surface area contributed by atoms with E-state index in [0.717, 1.165) is 21.5 Å². The molecule has 0 aromatic heterocycles. The molecular weight excluding hydrogens is 334 g/mol. The second kappa shape index (κ2) is 7.57. The van der Waals surface area contributed by atoms with E-state index in [2.05, 4.69) is 0 Å². The molecule has 2 aromatic carbocycles. The first kappa shape index (κ1) is 18.8. The summed E-state index contributed by atoms with van der Waals surface area (Å²) >= 11 is 0. The van der Waals surface area contributed by atoms with E-state index in [4.69, 9.17) is 0 Å². The van der Waals surface area contributed by atoms with Crippen LogP contribution in [0.3, 0.4) is 0 Å². The second-order valence-electron chi connectivity index (χ2n) is 7.04. The van der Waals surface area contributed by atoms with Crippen LogP contribution in [0.25, 0.3) is 0 Å². The molecule has 0 aliphatic carbocycles. The van der Waals surface area contributed by atoms with Crippen LogP contribution in [0.5, 0.6) is 0 Å². The monoisotopic (exact) mass is 360 g/mol. The molecule has 0 N–H and O–H groups in total. The molecule has 0 radical (unpaired) electrons. The van der Waals surface area contributed by atoms with E-state index in [1.54, 1.807) is 13.1 Å². The molecule has 0 amide bonds. The van der Waals surface area contributed by atoms with Crippen molar-refractivity contribution in [1.29, 1.82) is 0 Å². The first-order valence-electron chi connectivity index (χ1n) is 8.36. The molecule has 0 aliphatic rings. The van der Waals surface area contributed by atoms with Gasteiger partial charge in [0.25, 0.3) is 16.8 Å². The van der Waals surface area contributed by atoms with Gasteiger partial charge in [-0.25, -0.2) is 0 Å². The van der Waals surface area contributed by atoms with Crippen LogP contribution >= 0.6 is 0 Å². The van der Waals surface area contributed by atoms with Gasteiger partial charge in [0, 0.05) is 0 Å². The first-order valence-corrected chi connectivity index (χ1v) is 13.5. The van der Waals surface area contributed by atoms with Crippen molar-refractivity contribution in [3.63, 3.8) is 0 Å². The summed E-state index contributed by atoms with van der Waals surface area (Å²) < 4.78 is 30.4. The Kier molecular flexibility index (Phi) is 5.94. The molecule has 0 saturated heterocycles. The maximum Gasteiger partial charge on any atom is 0.278 e. The molecule has 2 aromatic rings. The zero-order valence-corrected chi connectivity index (χ0v) is 16.9. The third-order valence-electron chi connectivity index (χ3n) is 4.67. The third-order valence-corrected chi connectivity index (χ3v) is 10.1. The lowest BCUT2D eigenvalue weighted by atomic mass is 10.2. The Morgan fingerprint density at radius 1 is 0.667 bits per heavy atom. The van der Waals surface area contributed by atoms with E-state index in [-0.39, 0.29) is 0 Å². The molecule has 0 bridgehead atoms. The maximum atomic E-state index is 15.2. The van der Waals surface area contributed by atoms with Crippen molar-refractivity contribution in [3.8, 4) is 0 Å². The Balaban J connectivity index is 2.16. The minimum atomic E-state index is -3.02. The van der Waals surface area contributed by atoms with Gasteiger partial charge in [-0.3, -0.25) is 0 Å². The minimum absolute atomic E-state index is 0.433. The maximum absolute atomic E-state index is 15.2. The van der Waals surface area contributed by atoms with Crippen molar-refractivity contribution < 1.29 is 8.22 Å². The van der Waals surface area contributed by atoms with E-state index >= 15 is 8.22 Å². The van der Waals surface area contributed by atoms with Crippen LogP contribution in [0.15, 0.2) is 71.8 Å². The Bertz CT molecular complexity index is 631. The van der Waals surface area contributed by atoms with E-state index in [0.29, 0.717) is 12.1 Å². The molecule has 2 rings (SSSR count). The van der Waals surface area contributed by atoms with Gasteiger partial charge in [-0.05, 0) is 49.4 Å². The molecule has 0 spiro atoms. The third kappa shape index (κ3) is 4.74. The van der Waals surface area contributed by atoms with Gasteiger partial charge >= 0.3 is 0 Å². The number of hydrogen-bond donors (Lipinski definition) is 0. The summed E-state index contributed by atoms with van der Waals surface area (Å²) in [7, 11) is -6.05. The Morgan fingerprint density at radius 3 is 1.25 bits per heavy atom. The predicted molar refractivity (Wildman–Crippen MR) is 106 cm³/mol. The fourth-order valence-electron chi connectivity index (χ4n) is 3.07. The van der Waals surface area contributed by atoms with Gasteiger partial charge in [0.15, 0.2) is 0 Å². The summed E-state index contributed by atoms with van der Waals surface area (Å²) in [5.41, 5.74) is 2.01. The highest BCUT2D eigenvalue weighted by molar-refractivity contribution is 6.86. The van der Waals surface area contributed by atoms with Crippen LogP contribution in [0.1, 0.15) is 13.8 Å². The van der Waals surface area contributed by atoms with Gasteiger partial charge in [-0.2, -0.15) is 0 Å². The average Bonchev–Trinajstić information content (AvgIpc) is 2.55. The lowest BCUT2D eigenvalue weighted by molar-refractivity contribution is 0.797. The highest BCUT2D eigenvalue weighted by Gasteiger charge is 2.34. The Hall–Kier alpha value is -1.53. The van der Waals surface area contributed by atoms with E-state index in [9.17, 15) is 0 Å².